The summed E-state index contributed by atoms with van der Waals surface area (Å²) in [5.74, 6) is -0.0895. The van der Waals surface area contributed by atoms with E-state index in [-0.39, 0.29) is 11.6 Å². The average Bonchev–Trinajstić information content (AvgIpc) is 3.06. The Hall–Kier alpha value is -2.63. The monoisotopic (exact) mass is 271 g/mol. The maximum atomic E-state index is 10.9. The van der Waals surface area contributed by atoms with Crippen LogP contribution in [0.3, 0.4) is 0 Å². The molecule has 2 heterocycles. The molecule has 102 valence electrons. The number of furan rings is 1. The summed E-state index contributed by atoms with van der Waals surface area (Å²) in [5.41, 5.74) is 1.61. The van der Waals surface area contributed by atoms with Crippen molar-refractivity contribution in [1.82, 2.24) is 15.0 Å². The number of fused-ring (bicyclic) bond motifs is 1. The van der Waals surface area contributed by atoms with Crippen LogP contribution < -0.4 is 0 Å². The molecule has 1 N–H and O–H groups in total. The van der Waals surface area contributed by atoms with Gasteiger partial charge in [0.05, 0.1) is 23.4 Å². The van der Waals surface area contributed by atoms with E-state index in [0.29, 0.717) is 11.9 Å². The summed E-state index contributed by atoms with van der Waals surface area (Å²) >= 11 is 0. The molecule has 0 saturated carbocycles. The van der Waals surface area contributed by atoms with Crippen LogP contribution in [0.25, 0.3) is 11.0 Å². The predicted molar refractivity (Wildman–Crippen MR) is 71.6 cm³/mol. The lowest BCUT2D eigenvalue weighted by Crippen LogP contribution is -2.09. The van der Waals surface area contributed by atoms with Gasteiger partial charge in [-0.15, -0.1) is 5.10 Å². The number of rotatable bonds is 4. The molecule has 6 heteroatoms. The third-order valence-corrected chi connectivity index (χ3v) is 3.21. The van der Waals surface area contributed by atoms with Crippen LogP contribution in [0.2, 0.25) is 0 Å². The fourth-order valence-corrected chi connectivity index (χ4v) is 2.21. The first kappa shape index (κ1) is 12.4. The Labute approximate surface area is 114 Å². The van der Waals surface area contributed by atoms with E-state index >= 15 is 0 Å². The highest BCUT2D eigenvalue weighted by molar-refractivity contribution is 5.92. The van der Waals surface area contributed by atoms with Gasteiger partial charge in [0.25, 0.3) is 0 Å². The molecule has 3 rings (SSSR count). The molecule has 3 aromatic rings. The van der Waals surface area contributed by atoms with E-state index in [1.54, 1.807) is 23.1 Å². The lowest BCUT2D eigenvalue weighted by Gasteiger charge is -2.10. The molecule has 6 nitrogen and oxygen atoms in total. The van der Waals surface area contributed by atoms with Gasteiger partial charge in [-0.05, 0) is 37.3 Å². The van der Waals surface area contributed by atoms with E-state index in [2.05, 4.69) is 10.3 Å². The van der Waals surface area contributed by atoms with Gasteiger partial charge < -0.3 is 9.52 Å². The van der Waals surface area contributed by atoms with Crippen molar-refractivity contribution in [2.75, 3.05) is 0 Å². The number of aromatic nitrogens is 3. The van der Waals surface area contributed by atoms with Gasteiger partial charge in [0.2, 0.25) is 0 Å². The smallest absolute Gasteiger partial charge is 0.335 e. The van der Waals surface area contributed by atoms with Gasteiger partial charge in [-0.1, -0.05) is 5.21 Å². The highest BCUT2D eigenvalue weighted by Gasteiger charge is 2.14. The van der Waals surface area contributed by atoms with E-state index in [9.17, 15) is 4.79 Å². The second-order valence-corrected chi connectivity index (χ2v) is 4.68. The number of hydrogen-bond donors (Lipinski definition) is 1. The summed E-state index contributed by atoms with van der Waals surface area (Å²) in [4.78, 5) is 10.9. The Morgan fingerprint density at radius 2 is 2.30 bits per heavy atom. The normalized spacial score (nSPS) is 12.7. The van der Waals surface area contributed by atoms with Crippen LogP contribution in [0.1, 0.15) is 29.1 Å². The lowest BCUT2D eigenvalue weighted by atomic mass is 10.1. The van der Waals surface area contributed by atoms with Gasteiger partial charge in [-0.25, -0.2) is 9.48 Å². The molecule has 0 aliphatic rings. The second kappa shape index (κ2) is 4.80. The highest BCUT2D eigenvalue weighted by atomic mass is 16.4. The molecule has 1 unspecified atom stereocenters. The molecule has 0 fully saturated rings. The van der Waals surface area contributed by atoms with Gasteiger partial charge in [0.1, 0.15) is 11.3 Å². The van der Waals surface area contributed by atoms with E-state index in [1.165, 1.54) is 6.07 Å². The Bertz CT molecular complexity index is 746. The summed E-state index contributed by atoms with van der Waals surface area (Å²) in [6.45, 7) is 2.02. The fraction of sp³-hybridized carbons (Fsp3) is 0.214. The van der Waals surface area contributed by atoms with Gasteiger partial charge in [0, 0.05) is 6.42 Å². The van der Waals surface area contributed by atoms with E-state index in [1.807, 2.05) is 19.1 Å². The summed E-state index contributed by atoms with van der Waals surface area (Å²) in [7, 11) is 0. The lowest BCUT2D eigenvalue weighted by molar-refractivity contribution is 0.0697. The SMILES string of the molecule is CC(Cc1ccco1)n1nnc2cc(C(=O)O)ccc21. The zero-order valence-corrected chi connectivity index (χ0v) is 10.9. The van der Waals surface area contributed by atoms with Crippen LogP contribution in [0, 0.1) is 0 Å². The minimum atomic E-state index is -0.968. The van der Waals surface area contributed by atoms with E-state index in [4.69, 9.17) is 9.52 Å². The Morgan fingerprint density at radius 1 is 1.45 bits per heavy atom. The number of carbonyl (C=O) groups is 1. The topological polar surface area (TPSA) is 81.2 Å². The largest absolute Gasteiger partial charge is 0.478 e. The van der Waals surface area contributed by atoms with E-state index in [0.717, 1.165) is 11.3 Å². The number of carboxylic acids is 1. The van der Waals surface area contributed by atoms with Crippen LogP contribution in [-0.4, -0.2) is 26.1 Å². The van der Waals surface area contributed by atoms with Crippen LogP contribution in [0.4, 0.5) is 0 Å². The van der Waals surface area contributed by atoms with Crippen molar-refractivity contribution >= 4 is 17.0 Å². The van der Waals surface area contributed by atoms with Crippen molar-refractivity contribution in [2.24, 2.45) is 0 Å². The average molecular weight is 271 g/mol. The number of hydrogen-bond acceptors (Lipinski definition) is 4. The Morgan fingerprint density at radius 3 is 3.00 bits per heavy atom. The quantitative estimate of drug-likeness (QED) is 0.788. The third-order valence-electron chi connectivity index (χ3n) is 3.21. The molecule has 0 saturated heterocycles. The third kappa shape index (κ3) is 2.16. The molecule has 20 heavy (non-hydrogen) atoms. The van der Waals surface area contributed by atoms with Crippen LogP contribution in [-0.2, 0) is 6.42 Å². The van der Waals surface area contributed by atoms with Crippen molar-refractivity contribution < 1.29 is 14.3 Å². The van der Waals surface area contributed by atoms with Gasteiger partial charge >= 0.3 is 5.97 Å². The minimum absolute atomic E-state index is 0.0711. The van der Waals surface area contributed by atoms with Crippen molar-refractivity contribution in [3.63, 3.8) is 0 Å². The summed E-state index contributed by atoms with van der Waals surface area (Å²) in [5, 5.41) is 17.1. The van der Waals surface area contributed by atoms with Crippen LogP contribution in [0.15, 0.2) is 41.0 Å². The van der Waals surface area contributed by atoms with E-state index < -0.39 is 5.97 Å². The Kier molecular flexibility index (Phi) is 2.98. The molecular weight excluding hydrogens is 258 g/mol. The summed E-state index contributed by atoms with van der Waals surface area (Å²) < 4.78 is 7.11. The number of aromatic carboxylic acids is 1. The predicted octanol–water partition coefficient (Wildman–Crippen LogP) is 2.53. The van der Waals surface area contributed by atoms with Gasteiger partial charge in [-0.2, -0.15) is 0 Å². The van der Waals surface area contributed by atoms with Crippen molar-refractivity contribution in [3.05, 3.63) is 47.9 Å². The fourth-order valence-electron chi connectivity index (χ4n) is 2.21. The molecule has 1 atom stereocenters. The number of nitrogens with zero attached hydrogens (tertiary/aromatic N) is 3. The van der Waals surface area contributed by atoms with Crippen molar-refractivity contribution in [3.8, 4) is 0 Å². The zero-order valence-electron chi connectivity index (χ0n) is 10.9. The van der Waals surface area contributed by atoms with Gasteiger partial charge in [0.15, 0.2) is 0 Å². The van der Waals surface area contributed by atoms with Gasteiger partial charge in [-0.3, -0.25) is 0 Å². The summed E-state index contributed by atoms with van der Waals surface area (Å²) in [6.07, 6.45) is 2.34. The molecular formula is C14H13N3O3. The maximum Gasteiger partial charge on any atom is 0.335 e. The maximum absolute atomic E-state index is 10.9. The number of carboxylic acid groups (broad SMARTS) is 1. The minimum Gasteiger partial charge on any atom is -0.478 e. The molecule has 2 aromatic heterocycles. The Balaban J connectivity index is 1.94. The van der Waals surface area contributed by atoms with Crippen LogP contribution in [0.5, 0.6) is 0 Å². The molecule has 0 bridgehead atoms. The molecule has 0 radical (unpaired) electrons. The van der Waals surface area contributed by atoms with Crippen LogP contribution >= 0.6 is 0 Å². The number of benzene rings is 1. The van der Waals surface area contributed by atoms with Crippen molar-refractivity contribution in [1.29, 1.82) is 0 Å². The molecule has 0 spiro atoms. The molecule has 0 aliphatic heterocycles. The molecule has 1 aromatic carbocycles. The standard InChI is InChI=1S/C14H13N3O3/c1-9(7-11-3-2-6-20-11)17-13-5-4-10(14(18)19)8-12(13)15-16-17/h2-6,8-9H,7H2,1H3,(H,18,19). The van der Waals surface area contributed by atoms with Crippen molar-refractivity contribution in [2.45, 2.75) is 19.4 Å². The molecule has 0 aliphatic carbocycles. The first-order valence-corrected chi connectivity index (χ1v) is 6.26. The second-order valence-electron chi connectivity index (χ2n) is 4.68. The highest BCUT2D eigenvalue weighted by Crippen LogP contribution is 2.20. The molecule has 0 amide bonds. The first-order chi connectivity index (χ1) is 9.65. The first-order valence-electron chi connectivity index (χ1n) is 6.26. The zero-order chi connectivity index (χ0) is 14.1. The summed E-state index contributed by atoms with van der Waals surface area (Å²) in [6, 6.07) is 8.66.